The fourth-order valence-corrected chi connectivity index (χ4v) is 2.13. The second-order valence-corrected chi connectivity index (χ2v) is 5.53. The number of carbonyl (C=O) groups is 2. The van der Waals surface area contributed by atoms with Gasteiger partial charge in [-0.15, -0.1) is 10.2 Å². The zero-order valence-electron chi connectivity index (χ0n) is 15.3. The van der Waals surface area contributed by atoms with Crippen molar-refractivity contribution in [3.8, 4) is 11.3 Å². The molecule has 13 heteroatoms. The number of aromatic nitrogens is 6. The van der Waals surface area contributed by atoms with E-state index in [-0.39, 0.29) is 6.42 Å². The van der Waals surface area contributed by atoms with Gasteiger partial charge in [-0.1, -0.05) is 4.68 Å². The van der Waals surface area contributed by atoms with Crippen molar-refractivity contribution >= 4 is 17.6 Å². The van der Waals surface area contributed by atoms with Crippen LogP contribution in [-0.2, 0) is 20.9 Å². The van der Waals surface area contributed by atoms with Crippen molar-refractivity contribution in [3.05, 3.63) is 36.7 Å². The van der Waals surface area contributed by atoms with E-state index >= 15 is 0 Å². The Morgan fingerprint density at radius 2 is 2.03 bits per heavy atom. The van der Waals surface area contributed by atoms with E-state index in [0.717, 1.165) is 11.4 Å². The van der Waals surface area contributed by atoms with Gasteiger partial charge in [0.25, 0.3) is 0 Å². The molecule has 3 aromatic rings. The summed E-state index contributed by atoms with van der Waals surface area (Å²) in [5.74, 6) is -2.23. The number of ether oxygens (including phenoxy) is 1. The molecule has 154 valence electrons. The Bertz CT molecular complexity index is 1000. The molecule has 0 saturated carbocycles. The highest BCUT2D eigenvalue weighted by Gasteiger charge is 2.40. The number of carbonyl (C=O) groups excluding carboxylic acids is 1. The minimum Gasteiger partial charge on any atom is -0.481 e. The van der Waals surface area contributed by atoms with Crippen LogP contribution < -0.4 is 4.68 Å². The second kappa shape index (κ2) is 9.03. The standard InChI is InChI=1S/C13H12N6O2.C3H3F3O2/c1-9-16-17-13-12(14-4-7-19(9)13)10-2-5-18(15-8-10)6-3-11(20)21;1-8-2(7)3(4,5)6/h2,4-5,7-8H,3,6H2,1H3;1H3/p+1. The number of halogens is 3. The number of hydrogen-bond acceptors (Lipinski definition) is 7. The maximum atomic E-state index is 11.0. The van der Waals surface area contributed by atoms with E-state index in [4.69, 9.17) is 5.11 Å². The molecule has 0 saturated heterocycles. The van der Waals surface area contributed by atoms with E-state index in [9.17, 15) is 22.8 Å². The van der Waals surface area contributed by atoms with Crippen molar-refractivity contribution in [2.45, 2.75) is 26.1 Å². The van der Waals surface area contributed by atoms with Crippen LogP contribution in [0.15, 0.2) is 30.9 Å². The highest BCUT2D eigenvalue weighted by Crippen LogP contribution is 2.19. The third kappa shape index (κ3) is 5.67. The van der Waals surface area contributed by atoms with Crippen LogP contribution in [0.3, 0.4) is 0 Å². The molecule has 0 spiro atoms. The number of methoxy groups -OCH3 is 1. The van der Waals surface area contributed by atoms with Gasteiger partial charge in [-0.05, 0) is 12.0 Å². The number of hydrogen-bond donors (Lipinski definition) is 1. The lowest BCUT2D eigenvalue weighted by Gasteiger charge is -2.01. The second-order valence-electron chi connectivity index (χ2n) is 5.53. The molecule has 1 N–H and O–H groups in total. The summed E-state index contributed by atoms with van der Waals surface area (Å²) in [4.78, 5) is 24.4. The summed E-state index contributed by atoms with van der Waals surface area (Å²) in [5.41, 5.74) is 2.16. The molecule has 0 unspecified atom stereocenters. The first-order valence-corrected chi connectivity index (χ1v) is 8.03. The minimum atomic E-state index is -4.85. The molecular weight excluding hydrogens is 397 g/mol. The molecule has 0 atom stereocenters. The van der Waals surface area contributed by atoms with Gasteiger partial charge < -0.3 is 9.84 Å². The predicted octanol–water partition coefficient (Wildman–Crippen LogP) is 0.979. The molecule has 3 aromatic heterocycles. The van der Waals surface area contributed by atoms with Crippen LogP contribution in [-0.4, -0.2) is 55.0 Å². The average Bonchev–Trinajstić information content (AvgIpc) is 3.07. The molecule has 0 amide bonds. The van der Waals surface area contributed by atoms with Crippen LogP contribution in [0.25, 0.3) is 16.9 Å². The molecule has 3 rings (SSSR count). The lowest BCUT2D eigenvalue weighted by Crippen LogP contribution is -2.38. The normalized spacial score (nSPS) is 10.9. The molecule has 0 aliphatic rings. The van der Waals surface area contributed by atoms with Crippen molar-refractivity contribution in [1.82, 2.24) is 24.7 Å². The van der Waals surface area contributed by atoms with E-state index in [0.29, 0.717) is 25.0 Å². The summed E-state index contributed by atoms with van der Waals surface area (Å²) < 4.78 is 39.7. The van der Waals surface area contributed by atoms with Crippen LogP contribution in [0.2, 0.25) is 0 Å². The topological polar surface area (TPSA) is 123 Å². The Balaban J connectivity index is 0.000000321. The zero-order valence-corrected chi connectivity index (χ0v) is 15.3. The van der Waals surface area contributed by atoms with Gasteiger partial charge >= 0.3 is 18.1 Å². The number of carboxylic acids is 1. The molecule has 0 aliphatic heterocycles. The minimum absolute atomic E-state index is 0.0359. The van der Waals surface area contributed by atoms with E-state index in [1.165, 1.54) is 0 Å². The Labute approximate surface area is 161 Å². The van der Waals surface area contributed by atoms with Gasteiger partial charge in [0.1, 0.15) is 24.1 Å². The van der Waals surface area contributed by atoms with Gasteiger partial charge in [-0.3, -0.25) is 14.2 Å². The largest absolute Gasteiger partial charge is 0.490 e. The summed E-state index contributed by atoms with van der Waals surface area (Å²) in [6, 6.07) is 1.83. The number of aryl methyl sites for hydroxylation is 2. The number of esters is 1. The van der Waals surface area contributed by atoms with Crippen molar-refractivity contribution in [2.24, 2.45) is 0 Å². The van der Waals surface area contributed by atoms with Crippen LogP contribution in [0.1, 0.15) is 12.2 Å². The summed E-state index contributed by atoms with van der Waals surface area (Å²) in [6.07, 6.45) is 2.05. The summed E-state index contributed by atoms with van der Waals surface area (Å²) >= 11 is 0. The first-order valence-electron chi connectivity index (χ1n) is 8.03. The smallest absolute Gasteiger partial charge is 0.481 e. The number of alkyl halides is 3. The Hall–Kier alpha value is -3.64. The lowest BCUT2D eigenvalue weighted by atomic mass is 10.2. The van der Waals surface area contributed by atoms with Gasteiger partial charge in [0, 0.05) is 24.0 Å². The molecule has 0 fully saturated rings. The molecule has 0 aromatic carbocycles. The van der Waals surface area contributed by atoms with Crippen LogP contribution in [0, 0.1) is 6.92 Å². The molecule has 0 radical (unpaired) electrons. The van der Waals surface area contributed by atoms with Gasteiger partial charge in [0.2, 0.25) is 0 Å². The van der Waals surface area contributed by atoms with Gasteiger partial charge in [-0.25, -0.2) is 4.79 Å². The molecular formula is C16H16F3N6O4+. The van der Waals surface area contributed by atoms with Gasteiger partial charge in [0.15, 0.2) is 18.4 Å². The zero-order chi connectivity index (χ0) is 21.6. The fraction of sp³-hybridized carbons (Fsp3) is 0.312. The first-order chi connectivity index (χ1) is 13.6. The third-order valence-corrected chi connectivity index (χ3v) is 3.51. The fourth-order valence-electron chi connectivity index (χ4n) is 2.13. The molecule has 3 heterocycles. The number of carboxylic acid groups (broad SMARTS) is 1. The number of rotatable bonds is 4. The van der Waals surface area contributed by atoms with E-state index < -0.39 is 18.1 Å². The Kier molecular flexibility index (Phi) is 6.75. The van der Waals surface area contributed by atoms with Crippen LogP contribution >= 0.6 is 0 Å². The maximum absolute atomic E-state index is 11.0. The summed E-state index contributed by atoms with van der Waals surface area (Å²) in [5, 5.41) is 21.0. The van der Waals surface area contributed by atoms with Gasteiger partial charge in [0.05, 0.1) is 7.11 Å². The van der Waals surface area contributed by atoms with Crippen molar-refractivity contribution in [2.75, 3.05) is 7.11 Å². The highest BCUT2D eigenvalue weighted by molar-refractivity contribution is 5.75. The molecule has 29 heavy (non-hydrogen) atoms. The average molecular weight is 413 g/mol. The molecule has 0 aliphatic carbocycles. The van der Waals surface area contributed by atoms with Gasteiger partial charge in [-0.2, -0.15) is 13.2 Å². The maximum Gasteiger partial charge on any atom is 0.490 e. The lowest BCUT2D eigenvalue weighted by molar-refractivity contribution is -0.752. The van der Waals surface area contributed by atoms with Crippen LogP contribution in [0.4, 0.5) is 13.2 Å². The third-order valence-electron chi connectivity index (χ3n) is 3.51. The summed E-state index contributed by atoms with van der Waals surface area (Å²) in [7, 11) is 0.676. The number of fused-ring (bicyclic) bond motifs is 1. The molecule has 10 nitrogen and oxygen atoms in total. The van der Waals surface area contributed by atoms with E-state index in [1.807, 2.05) is 17.4 Å². The number of nitrogens with zero attached hydrogens (tertiary/aromatic N) is 6. The van der Waals surface area contributed by atoms with E-state index in [1.54, 1.807) is 29.5 Å². The van der Waals surface area contributed by atoms with Crippen molar-refractivity contribution in [3.63, 3.8) is 0 Å². The Morgan fingerprint density at radius 1 is 1.31 bits per heavy atom. The monoisotopic (exact) mass is 413 g/mol. The predicted molar refractivity (Wildman–Crippen MR) is 89.3 cm³/mol. The van der Waals surface area contributed by atoms with Crippen molar-refractivity contribution in [1.29, 1.82) is 0 Å². The highest BCUT2D eigenvalue weighted by atomic mass is 19.4. The van der Waals surface area contributed by atoms with Crippen LogP contribution in [0.5, 0.6) is 0 Å². The number of aliphatic carboxylic acids is 1. The van der Waals surface area contributed by atoms with E-state index in [2.05, 4.69) is 25.0 Å². The Morgan fingerprint density at radius 3 is 2.55 bits per heavy atom. The summed E-state index contributed by atoms with van der Waals surface area (Å²) in [6.45, 7) is 2.20. The van der Waals surface area contributed by atoms with Crippen molar-refractivity contribution < 1.29 is 37.3 Å². The first kappa shape index (κ1) is 21.7. The molecule has 0 bridgehead atoms. The quantitative estimate of drug-likeness (QED) is 0.496. The SMILES string of the molecule is COC(=O)C(F)(F)F.Cc1nnc2c(-c3cc[n+](CCC(=O)O)nc3)nccn12.